The molecule has 5 rings (SSSR count). The highest BCUT2D eigenvalue weighted by atomic mass is 19.1. The first-order valence-electron chi connectivity index (χ1n) is 12.2. The summed E-state index contributed by atoms with van der Waals surface area (Å²) in [7, 11) is 0. The van der Waals surface area contributed by atoms with Crippen LogP contribution in [0.2, 0.25) is 0 Å². The third-order valence-electron chi connectivity index (χ3n) is 6.38. The smallest absolute Gasteiger partial charge is 0.255 e. The van der Waals surface area contributed by atoms with Gasteiger partial charge in [-0.05, 0) is 91.6 Å². The van der Waals surface area contributed by atoms with Gasteiger partial charge in [0, 0.05) is 12.1 Å². The lowest BCUT2D eigenvalue weighted by molar-refractivity contribution is 0.0568. The molecule has 4 aromatic rings. The van der Waals surface area contributed by atoms with Crippen LogP contribution in [0.25, 0.3) is 10.8 Å². The molecule has 1 heterocycles. The predicted octanol–water partition coefficient (Wildman–Crippen LogP) is 6.80. The van der Waals surface area contributed by atoms with E-state index in [0.717, 1.165) is 27.6 Å². The number of benzene rings is 4. The second-order valence-corrected chi connectivity index (χ2v) is 10.2. The quantitative estimate of drug-likeness (QED) is 0.313. The molecule has 0 fully saturated rings. The predicted molar refractivity (Wildman–Crippen MR) is 140 cm³/mol. The zero-order chi connectivity index (χ0) is 25.3. The SMILES string of the molecule is CC(C)(C)Oc1ccc(OC[C@@H]2Cc3cc(F)ccc3CN2C(=O)c2cccc3ccccc23)cc1. The molecule has 1 amide bonds. The fourth-order valence-corrected chi connectivity index (χ4v) is 4.72. The van der Waals surface area contributed by atoms with Crippen LogP contribution in [-0.4, -0.2) is 29.1 Å². The van der Waals surface area contributed by atoms with Crippen LogP contribution in [0.4, 0.5) is 4.39 Å². The van der Waals surface area contributed by atoms with E-state index in [1.54, 1.807) is 12.1 Å². The van der Waals surface area contributed by atoms with Crippen molar-refractivity contribution < 1.29 is 18.7 Å². The minimum atomic E-state index is -0.282. The van der Waals surface area contributed by atoms with Crippen LogP contribution >= 0.6 is 0 Å². The van der Waals surface area contributed by atoms with Gasteiger partial charge in [-0.3, -0.25) is 4.79 Å². The van der Waals surface area contributed by atoms with E-state index in [1.807, 2.05) is 92.4 Å². The van der Waals surface area contributed by atoms with Crippen LogP contribution in [-0.2, 0) is 13.0 Å². The molecule has 0 unspecified atom stereocenters. The molecule has 0 aromatic heterocycles. The van der Waals surface area contributed by atoms with Gasteiger partial charge in [0.05, 0.1) is 6.04 Å². The molecule has 0 radical (unpaired) electrons. The summed E-state index contributed by atoms with van der Waals surface area (Å²) in [5.41, 5.74) is 2.26. The van der Waals surface area contributed by atoms with Crippen LogP contribution in [0.5, 0.6) is 11.5 Å². The van der Waals surface area contributed by atoms with Crippen molar-refractivity contribution in [1.82, 2.24) is 4.90 Å². The first-order chi connectivity index (χ1) is 17.3. The molecular formula is C31H30FNO3. The monoisotopic (exact) mass is 483 g/mol. The lowest BCUT2D eigenvalue weighted by Gasteiger charge is -2.37. The summed E-state index contributed by atoms with van der Waals surface area (Å²) in [5.74, 6) is 1.14. The number of nitrogens with zero attached hydrogens (tertiary/aromatic N) is 1. The number of hydrogen-bond donors (Lipinski definition) is 0. The zero-order valence-electron chi connectivity index (χ0n) is 20.8. The van der Waals surface area contributed by atoms with Crippen molar-refractivity contribution in [3.63, 3.8) is 0 Å². The van der Waals surface area contributed by atoms with Gasteiger partial charge in [-0.1, -0.05) is 42.5 Å². The van der Waals surface area contributed by atoms with E-state index in [9.17, 15) is 9.18 Å². The number of carbonyl (C=O) groups is 1. The van der Waals surface area contributed by atoms with Crippen molar-refractivity contribution in [2.45, 2.75) is 45.4 Å². The van der Waals surface area contributed by atoms with Crippen LogP contribution in [0.3, 0.4) is 0 Å². The van der Waals surface area contributed by atoms with Gasteiger partial charge in [0.2, 0.25) is 0 Å². The summed E-state index contributed by atoms with van der Waals surface area (Å²) in [6, 6.07) is 25.8. The molecule has 5 heteroatoms. The molecule has 36 heavy (non-hydrogen) atoms. The Morgan fingerprint density at radius 3 is 2.42 bits per heavy atom. The maximum atomic E-state index is 14.0. The summed E-state index contributed by atoms with van der Waals surface area (Å²) in [5, 5.41) is 1.94. The molecule has 0 bridgehead atoms. The lowest BCUT2D eigenvalue weighted by Crippen LogP contribution is -2.47. The largest absolute Gasteiger partial charge is 0.491 e. The van der Waals surface area contributed by atoms with Crippen LogP contribution < -0.4 is 9.47 Å². The van der Waals surface area contributed by atoms with E-state index in [1.165, 1.54) is 6.07 Å². The number of fused-ring (bicyclic) bond motifs is 2. The Hall–Kier alpha value is -3.86. The van der Waals surface area contributed by atoms with E-state index in [2.05, 4.69) is 0 Å². The van der Waals surface area contributed by atoms with Crippen molar-refractivity contribution in [1.29, 1.82) is 0 Å². The molecule has 0 N–H and O–H groups in total. The van der Waals surface area contributed by atoms with Gasteiger partial charge in [-0.25, -0.2) is 4.39 Å². The van der Waals surface area contributed by atoms with E-state index >= 15 is 0 Å². The number of rotatable bonds is 5. The van der Waals surface area contributed by atoms with Gasteiger partial charge in [0.15, 0.2) is 0 Å². The Labute approximate surface area is 211 Å². The van der Waals surface area contributed by atoms with Crippen LogP contribution in [0.15, 0.2) is 84.9 Å². The second-order valence-electron chi connectivity index (χ2n) is 10.2. The van der Waals surface area contributed by atoms with Crippen molar-refractivity contribution in [2.24, 2.45) is 0 Å². The number of halogens is 1. The molecule has 0 saturated heterocycles. The number of hydrogen-bond acceptors (Lipinski definition) is 3. The minimum Gasteiger partial charge on any atom is -0.491 e. The molecule has 4 aromatic carbocycles. The topological polar surface area (TPSA) is 38.8 Å². The Morgan fingerprint density at radius 2 is 1.64 bits per heavy atom. The molecule has 1 atom stereocenters. The first kappa shape index (κ1) is 23.9. The molecular weight excluding hydrogens is 453 g/mol. The average molecular weight is 484 g/mol. The van der Waals surface area contributed by atoms with Crippen molar-refractivity contribution in [2.75, 3.05) is 6.61 Å². The van der Waals surface area contributed by atoms with E-state index in [4.69, 9.17) is 9.47 Å². The second kappa shape index (κ2) is 9.65. The Bertz CT molecular complexity index is 1390. The molecule has 0 saturated carbocycles. The van der Waals surface area contributed by atoms with Gasteiger partial charge in [0.1, 0.15) is 29.5 Å². The highest BCUT2D eigenvalue weighted by molar-refractivity contribution is 6.07. The summed E-state index contributed by atoms with van der Waals surface area (Å²) in [6.45, 7) is 6.71. The van der Waals surface area contributed by atoms with Gasteiger partial charge < -0.3 is 14.4 Å². The highest BCUT2D eigenvalue weighted by Gasteiger charge is 2.32. The van der Waals surface area contributed by atoms with Crippen molar-refractivity contribution in [3.05, 3.63) is 107 Å². The van der Waals surface area contributed by atoms with Crippen molar-refractivity contribution >= 4 is 16.7 Å². The molecule has 1 aliphatic rings. The van der Waals surface area contributed by atoms with E-state index in [-0.39, 0.29) is 23.4 Å². The van der Waals surface area contributed by atoms with Crippen LogP contribution in [0, 0.1) is 5.82 Å². The normalized spacial score (nSPS) is 15.4. The summed E-state index contributed by atoms with van der Waals surface area (Å²) < 4.78 is 26.0. The molecule has 1 aliphatic heterocycles. The third kappa shape index (κ3) is 5.20. The minimum absolute atomic E-state index is 0.0516. The van der Waals surface area contributed by atoms with Gasteiger partial charge in [-0.15, -0.1) is 0 Å². The lowest BCUT2D eigenvalue weighted by atomic mass is 9.93. The molecule has 184 valence electrons. The van der Waals surface area contributed by atoms with E-state index < -0.39 is 0 Å². The summed E-state index contributed by atoms with van der Waals surface area (Å²) in [4.78, 5) is 15.7. The van der Waals surface area contributed by atoms with Crippen LogP contribution in [0.1, 0.15) is 42.3 Å². The molecule has 0 aliphatic carbocycles. The van der Waals surface area contributed by atoms with Gasteiger partial charge in [0.25, 0.3) is 5.91 Å². The Balaban J connectivity index is 1.41. The third-order valence-corrected chi connectivity index (χ3v) is 6.38. The number of carbonyl (C=O) groups excluding carboxylic acids is 1. The molecule has 4 nitrogen and oxygen atoms in total. The highest BCUT2D eigenvalue weighted by Crippen LogP contribution is 2.29. The first-order valence-corrected chi connectivity index (χ1v) is 12.2. The van der Waals surface area contributed by atoms with Crippen molar-refractivity contribution in [3.8, 4) is 11.5 Å². The Kier molecular flexibility index (Phi) is 6.40. The Morgan fingerprint density at radius 1 is 0.917 bits per heavy atom. The summed E-state index contributed by atoms with van der Waals surface area (Å²) >= 11 is 0. The standard InChI is InChI=1S/C31H30FNO3/c1-31(2,3)36-27-15-13-26(14-16-27)35-20-25-18-23-17-24(32)12-11-22(23)19-33(25)30(34)29-10-6-8-21-7-4-5-9-28(21)29/h4-17,25H,18-20H2,1-3H3/t25-/m0/s1. The maximum absolute atomic E-state index is 14.0. The van der Waals surface area contributed by atoms with Gasteiger partial charge in [-0.2, -0.15) is 0 Å². The molecule has 0 spiro atoms. The van der Waals surface area contributed by atoms with E-state index in [0.29, 0.717) is 30.9 Å². The zero-order valence-corrected chi connectivity index (χ0v) is 20.8. The summed E-state index contributed by atoms with van der Waals surface area (Å²) in [6.07, 6.45) is 0.523. The number of amides is 1. The van der Waals surface area contributed by atoms with Gasteiger partial charge >= 0.3 is 0 Å². The maximum Gasteiger partial charge on any atom is 0.255 e. The fourth-order valence-electron chi connectivity index (χ4n) is 4.72. The average Bonchev–Trinajstić information content (AvgIpc) is 2.86. The number of ether oxygens (including phenoxy) is 2. The fraction of sp³-hybridized carbons (Fsp3) is 0.258.